The van der Waals surface area contributed by atoms with Gasteiger partial charge in [-0.3, -0.25) is 14.9 Å². The second-order valence-corrected chi connectivity index (χ2v) is 9.84. The molecule has 0 fully saturated rings. The van der Waals surface area contributed by atoms with Crippen LogP contribution in [0.1, 0.15) is 50.2 Å². The summed E-state index contributed by atoms with van der Waals surface area (Å²) < 4.78 is 4.23. The largest absolute Gasteiger partial charge is 0.350 e. The van der Waals surface area contributed by atoms with Gasteiger partial charge in [-0.25, -0.2) is 0 Å². The Hall–Kier alpha value is -3.64. The lowest BCUT2D eigenvalue weighted by Crippen LogP contribution is -2.22. The molecular weight excluding hydrogens is 448 g/mol. The predicted molar refractivity (Wildman–Crippen MR) is 146 cm³/mol. The van der Waals surface area contributed by atoms with Crippen molar-refractivity contribution in [1.82, 2.24) is 14.5 Å². The fourth-order valence-corrected chi connectivity index (χ4v) is 5.56. The zero-order valence-corrected chi connectivity index (χ0v) is 21.1. The van der Waals surface area contributed by atoms with Gasteiger partial charge in [0.25, 0.3) is 11.8 Å². The van der Waals surface area contributed by atoms with Gasteiger partial charge < -0.3 is 14.9 Å². The number of benzene rings is 2. The number of hydrogen-bond donors (Lipinski definition) is 2. The van der Waals surface area contributed by atoms with Crippen molar-refractivity contribution in [3.8, 4) is 0 Å². The molecule has 5 rings (SSSR count). The van der Waals surface area contributed by atoms with Gasteiger partial charge in [-0.2, -0.15) is 0 Å². The number of hydrogen-bond acceptors (Lipinski definition) is 3. The normalized spacial score (nSPS) is 14.9. The molecule has 0 radical (unpaired) electrons. The van der Waals surface area contributed by atoms with E-state index in [1.54, 1.807) is 0 Å². The first-order chi connectivity index (χ1) is 17.5. The van der Waals surface area contributed by atoms with Crippen molar-refractivity contribution in [3.63, 3.8) is 0 Å². The van der Waals surface area contributed by atoms with E-state index < -0.39 is 0 Å². The first-order valence-corrected chi connectivity index (χ1v) is 13.0. The average Bonchev–Trinajstić information content (AvgIpc) is 3.51. The molecule has 0 saturated carbocycles. The van der Waals surface area contributed by atoms with Crippen molar-refractivity contribution < 1.29 is 9.59 Å². The highest BCUT2D eigenvalue weighted by molar-refractivity contribution is 6.50. The summed E-state index contributed by atoms with van der Waals surface area (Å²) in [5.41, 5.74) is 10.6. The van der Waals surface area contributed by atoms with Crippen molar-refractivity contribution in [1.29, 1.82) is 0 Å². The molecule has 186 valence electrons. The van der Waals surface area contributed by atoms with Crippen LogP contribution in [0.5, 0.6) is 0 Å². The number of para-hydroxylation sites is 2. The Kier molecular flexibility index (Phi) is 6.79. The van der Waals surface area contributed by atoms with Crippen molar-refractivity contribution in [3.05, 3.63) is 72.1 Å². The fourth-order valence-electron chi connectivity index (χ4n) is 5.56. The molecule has 1 aliphatic rings. The predicted octanol–water partition coefficient (Wildman–Crippen LogP) is 5.25. The lowest BCUT2D eigenvalue weighted by Gasteiger charge is -2.14. The zero-order chi connectivity index (χ0) is 25.2. The number of imide groups is 1. The zero-order valence-electron chi connectivity index (χ0n) is 21.1. The van der Waals surface area contributed by atoms with E-state index in [1.165, 1.54) is 19.3 Å². The van der Waals surface area contributed by atoms with Crippen molar-refractivity contribution in [2.75, 3.05) is 6.54 Å². The van der Waals surface area contributed by atoms with Crippen LogP contribution in [0.2, 0.25) is 0 Å². The van der Waals surface area contributed by atoms with E-state index in [0.29, 0.717) is 17.1 Å². The number of nitrogens with two attached hydrogens (primary N) is 1. The molecule has 1 unspecified atom stereocenters. The minimum atomic E-state index is -0.343. The van der Waals surface area contributed by atoms with Crippen LogP contribution in [0, 0.1) is 5.92 Å². The Morgan fingerprint density at radius 1 is 0.833 bits per heavy atom. The Balaban J connectivity index is 1.57. The highest BCUT2D eigenvalue weighted by atomic mass is 16.2. The summed E-state index contributed by atoms with van der Waals surface area (Å²) >= 11 is 0. The lowest BCUT2D eigenvalue weighted by molar-refractivity contribution is -0.122. The van der Waals surface area contributed by atoms with Crippen molar-refractivity contribution >= 4 is 44.8 Å². The maximum absolute atomic E-state index is 13.2. The summed E-state index contributed by atoms with van der Waals surface area (Å²) in [4.78, 5) is 26.3. The Morgan fingerprint density at radius 2 is 1.42 bits per heavy atom. The summed E-state index contributed by atoms with van der Waals surface area (Å²) in [6, 6.07) is 16.1. The van der Waals surface area contributed by atoms with Crippen molar-refractivity contribution in [2.45, 2.75) is 45.6 Å². The Labute approximate surface area is 211 Å². The molecule has 1 atom stereocenters. The number of nitrogens with zero attached hydrogens (tertiary/aromatic N) is 2. The van der Waals surface area contributed by atoms with E-state index in [4.69, 9.17) is 5.73 Å². The number of rotatable bonds is 10. The topological polar surface area (TPSA) is 82.0 Å². The minimum absolute atomic E-state index is 0.339. The van der Waals surface area contributed by atoms with Gasteiger partial charge in [0.1, 0.15) is 0 Å². The Morgan fingerprint density at radius 3 is 2.08 bits per heavy atom. The second-order valence-electron chi connectivity index (χ2n) is 9.84. The van der Waals surface area contributed by atoms with Gasteiger partial charge >= 0.3 is 0 Å². The van der Waals surface area contributed by atoms with E-state index >= 15 is 0 Å². The molecule has 3 N–H and O–H groups in total. The Bertz CT molecular complexity index is 1470. The van der Waals surface area contributed by atoms with Crippen LogP contribution < -0.4 is 11.1 Å². The van der Waals surface area contributed by atoms with E-state index in [-0.39, 0.29) is 11.8 Å². The summed E-state index contributed by atoms with van der Waals surface area (Å²) in [6.07, 6.45) is 9.68. The van der Waals surface area contributed by atoms with E-state index in [1.807, 2.05) is 66.5 Å². The van der Waals surface area contributed by atoms with Crippen LogP contribution in [-0.4, -0.2) is 27.5 Å². The minimum Gasteiger partial charge on any atom is -0.350 e. The molecule has 2 aromatic heterocycles. The van der Waals surface area contributed by atoms with E-state index in [0.717, 1.165) is 58.9 Å². The molecular formula is C30H34N4O2. The third-order valence-electron chi connectivity index (χ3n) is 7.47. The third-order valence-corrected chi connectivity index (χ3v) is 7.47. The molecule has 6 nitrogen and oxygen atoms in total. The molecule has 0 bridgehead atoms. The first kappa shape index (κ1) is 24.1. The van der Waals surface area contributed by atoms with Crippen LogP contribution in [0.4, 0.5) is 0 Å². The molecule has 36 heavy (non-hydrogen) atoms. The lowest BCUT2D eigenvalue weighted by atomic mass is 9.95. The number of carbonyl (C=O) groups excluding carboxylic acids is 2. The summed E-state index contributed by atoms with van der Waals surface area (Å²) in [6.45, 7) is 3.78. The van der Waals surface area contributed by atoms with Gasteiger partial charge in [0.15, 0.2) is 0 Å². The number of amides is 2. The van der Waals surface area contributed by atoms with Gasteiger partial charge in [0, 0.05) is 58.9 Å². The molecule has 1 aliphatic heterocycles. The van der Waals surface area contributed by atoms with Crippen LogP contribution in [0.3, 0.4) is 0 Å². The number of carbonyl (C=O) groups is 2. The molecule has 0 aliphatic carbocycles. The monoisotopic (exact) mass is 482 g/mol. The van der Waals surface area contributed by atoms with E-state index in [2.05, 4.69) is 22.9 Å². The van der Waals surface area contributed by atoms with Crippen molar-refractivity contribution in [2.24, 2.45) is 18.7 Å². The summed E-state index contributed by atoms with van der Waals surface area (Å²) in [7, 11) is 1.96. The van der Waals surface area contributed by atoms with Gasteiger partial charge in [-0.15, -0.1) is 0 Å². The molecule has 3 heterocycles. The number of aromatic nitrogens is 2. The molecule has 6 heteroatoms. The highest BCUT2D eigenvalue weighted by Gasteiger charge is 2.35. The summed E-state index contributed by atoms with van der Waals surface area (Å²) in [5.74, 6) is -0.136. The molecule has 0 spiro atoms. The standard InChI is InChI=1S/C30H34N4O2/c1-3-4-10-20(17-31)11-9-16-34-19-24(22-13-6-8-15-26(22)34)28-27(29(35)32-30(28)36)23-18-33(2)25-14-7-5-12-21(23)25/h5-8,12-15,18-20H,3-4,9-11,16-17,31H2,1-2H3,(H,32,35,36). The highest BCUT2D eigenvalue weighted by Crippen LogP contribution is 2.38. The van der Waals surface area contributed by atoms with Crippen LogP contribution in [-0.2, 0) is 23.2 Å². The average molecular weight is 483 g/mol. The maximum Gasteiger partial charge on any atom is 0.259 e. The molecule has 2 aromatic carbocycles. The fraction of sp³-hybridized carbons (Fsp3) is 0.333. The molecule has 0 saturated heterocycles. The first-order valence-electron chi connectivity index (χ1n) is 13.0. The SMILES string of the molecule is CCCCC(CN)CCCn1cc(C2=C(c3cn(C)c4ccccc34)C(=O)NC2=O)c2ccccc21. The molecule has 4 aromatic rings. The third kappa shape index (κ3) is 4.26. The van der Waals surface area contributed by atoms with Gasteiger partial charge in [0.2, 0.25) is 0 Å². The molecule has 2 amide bonds. The van der Waals surface area contributed by atoms with Crippen LogP contribution >= 0.6 is 0 Å². The smallest absolute Gasteiger partial charge is 0.259 e. The van der Waals surface area contributed by atoms with Crippen LogP contribution in [0.15, 0.2) is 60.9 Å². The van der Waals surface area contributed by atoms with Crippen LogP contribution in [0.25, 0.3) is 33.0 Å². The number of fused-ring (bicyclic) bond motifs is 2. The van der Waals surface area contributed by atoms with Gasteiger partial charge in [0.05, 0.1) is 11.1 Å². The van der Waals surface area contributed by atoms with E-state index in [9.17, 15) is 9.59 Å². The number of unbranched alkanes of at least 4 members (excludes halogenated alkanes) is 1. The maximum atomic E-state index is 13.2. The quantitative estimate of drug-likeness (QED) is 0.303. The summed E-state index contributed by atoms with van der Waals surface area (Å²) in [5, 5.41) is 4.50. The number of aryl methyl sites for hydroxylation is 2. The number of nitrogens with one attached hydrogen (secondary N) is 1. The van der Waals surface area contributed by atoms with Gasteiger partial charge in [-0.1, -0.05) is 56.2 Å². The van der Waals surface area contributed by atoms with Gasteiger partial charge in [-0.05, 0) is 43.9 Å². The second kappa shape index (κ2) is 10.2.